The van der Waals surface area contributed by atoms with Gasteiger partial charge in [0.25, 0.3) is 0 Å². The summed E-state index contributed by atoms with van der Waals surface area (Å²) in [6.07, 6.45) is 11.9. The van der Waals surface area contributed by atoms with Crippen molar-refractivity contribution in [2.75, 3.05) is 6.66 Å². The van der Waals surface area contributed by atoms with E-state index >= 15 is 0 Å². The number of rotatable bonds is 1. The molecule has 1 aliphatic carbocycles. The van der Waals surface area contributed by atoms with Crippen LogP contribution in [0.25, 0.3) is 0 Å². The van der Waals surface area contributed by atoms with E-state index in [2.05, 4.69) is 18.8 Å². The van der Waals surface area contributed by atoms with Crippen LogP contribution in [-0.4, -0.2) is 12.3 Å². The van der Waals surface area contributed by atoms with Crippen LogP contribution in [0.5, 0.6) is 0 Å². The largest absolute Gasteiger partial charge is 0.118 e. The van der Waals surface area contributed by atoms with Gasteiger partial charge in [-0.05, 0) is 31.6 Å². The van der Waals surface area contributed by atoms with Gasteiger partial charge in [0.15, 0.2) is 0 Å². The standard InChI is InChI=1S/C9H17P/c1-10-9-7-5-3-2-4-6-8-9/h5,7,9-10H,2-4,6,8H2,1H3/b7-5-. The second-order valence-electron chi connectivity index (χ2n) is 2.96. The summed E-state index contributed by atoms with van der Waals surface area (Å²) in [5, 5.41) is 0. The Bertz CT molecular complexity index is 107. The average Bonchev–Trinajstić information content (AvgIpc) is 1.87. The lowest BCUT2D eigenvalue weighted by Crippen LogP contribution is -1.97. The van der Waals surface area contributed by atoms with Crippen LogP contribution in [0, 0.1) is 0 Å². The lowest BCUT2D eigenvalue weighted by molar-refractivity contribution is 0.642. The molecule has 0 heterocycles. The molecule has 0 aliphatic heterocycles. The highest BCUT2D eigenvalue weighted by atomic mass is 31.1. The fourth-order valence-electron chi connectivity index (χ4n) is 1.40. The maximum atomic E-state index is 2.43. The van der Waals surface area contributed by atoms with E-state index in [1.807, 2.05) is 0 Å². The van der Waals surface area contributed by atoms with Crippen molar-refractivity contribution in [3.63, 3.8) is 0 Å². The SMILES string of the molecule is CPC1/C=C\CCCCC1. The zero-order chi connectivity index (χ0) is 7.23. The van der Waals surface area contributed by atoms with Gasteiger partial charge in [0.1, 0.15) is 0 Å². The van der Waals surface area contributed by atoms with E-state index in [1.54, 1.807) is 0 Å². The molecule has 0 aromatic carbocycles. The minimum absolute atomic E-state index is 0.917. The number of hydrogen-bond donors (Lipinski definition) is 0. The van der Waals surface area contributed by atoms with Crippen LogP contribution in [0.2, 0.25) is 0 Å². The average molecular weight is 156 g/mol. The molecule has 0 bridgehead atoms. The zero-order valence-corrected chi connectivity index (χ0v) is 7.77. The quantitative estimate of drug-likeness (QED) is 0.404. The summed E-state index contributed by atoms with van der Waals surface area (Å²) in [5.74, 6) is 0. The minimum Gasteiger partial charge on any atom is -0.118 e. The van der Waals surface area contributed by atoms with Gasteiger partial charge in [-0.2, -0.15) is 0 Å². The van der Waals surface area contributed by atoms with Crippen molar-refractivity contribution in [1.82, 2.24) is 0 Å². The number of allylic oxidation sites excluding steroid dienone is 2. The van der Waals surface area contributed by atoms with Gasteiger partial charge in [-0.1, -0.05) is 25.0 Å². The van der Waals surface area contributed by atoms with Crippen molar-refractivity contribution in [1.29, 1.82) is 0 Å². The highest BCUT2D eigenvalue weighted by Crippen LogP contribution is 2.24. The summed E-state index contributed by atoms with van der Waals surface area (Å²) in [6.45, 7) is 2.32. The van der Waals surface area contributed by atoms with Gasteiger partial charge in [0.05, 0.1) is 0 Å². The highest BCUT2D eigenvalue weighted by molar-refractivity contribution is 7.38. The summed E-state index contributed by atoms with van der Waals surface area (Å²) >= 11 is 0. The van der Waals surface area contributed by atoms with E-state index in [0.717, 1.165) is 14.2 Å². The Labute approximate surface area is 65.9 Å². The molecule has 0 fully saturated rings. The second kappa shape index (κ2) is 4.91. The van der Waals surface area contributed by atoms with Crippen molar-refractivity contribution >= 4 is 8.58 Å². The molecule has 1 heteroatoms. The molecule has 0 N–H and O–H groups in total. The van der Waals surface area contributed by atoms with Crippen molar-refractivity contribution in [2.45, 2.75) is 37.8 Å². The third-order valence-corrected chi connectivity index (χ3v) is 3.35. The van der Waals surface area contributed by atoms with Crippen molar-refractivity contribution in [2.24, 2.45) is 0 Å². The van der Waals surface area contributed by atoms with E-state index in [1.165, 1.54) is 32.1 Å². The maximum Gasteiger partial charge on any atom is -0.00597 e. The first-order valence-corrected chi connectivity index (χ1v) is 5.85. The Morgan fingerprint density at radius 2 is 2.20 bits per heavy atom. The molecule has 10 heavy (non-hydrogen) atoms. The Balaban J connectivity index is 2.33. The zero-order valence-electron chi connectivity index (χ0n) is 6.77. The summed E-state index contributed by atoms with van der Waals surface area (Å²) in [4.78, 5) is 0. The third kappa shape index (κ3) is 2.84. The molecule has 1 rings (SSSR count). The smallest absolute Gasteiger partial charge is 0.00597 e. The molecule has 0 nitrogen and oxygen atoms in total. The van der Waals surface area contributed by atoms with Crippen LogP contribution in [0.1, 0.15) is 32.1 Å². The van der Waals surface area contributed by atoms with E-state index in [0.29, 0.717) is 0 Å². The van der Waals surface area contributed by atoms with E-state index in [4.69, 9.17) is 0 Å². The lowest BCUT2D eigenvalue weighted by atomic mass is 10.1. The van der Waals surface area contributed by atoms with Gasteiger partial charge in [-0.25, -0.2) is 0 Å². The molecular weight excluding hydrogens is 139 g/mol. The molecular formula is C9H17P. The molecule has 0 saturated heterocycles. The Morgan fingerprint density at radius 1 is 1.30 bits per heavy atom. The fraction of sp³-hybridized carbons (Fsp3) is 0.778. The van der Waals surface area contributed by atoms with Gasteiger partial charge in [-0.3, -0.25) is 0 Å². The summed E-state index contributed by atoms with van der Waals surface area (Å²) in [5.41, 5.74) is 0.917. The summed E-state index contributed by atoms with van der Waals surface area (Å²) < 4.78 is 0. The lowest BCUT2D eigenvalue weighted by Gasteiger charge is -2.11. The predicted molar refractivity (Wildman–Crippen MR) is 50.3 cm³/mol. The molecule has 2 unspecified atom stereocenters. The van der Waals surface area contributed by atoms with E-state index < -0.39 is 0 Å². The molecule has 0 spiro atoms. The van der Waals surface area contributed by atoms with Crippen LogP contribution in [0.3, 0.4) is 0 Å². The van der Waals surface area contributed by atoms with Crippen LogP contribution < -0.4 is 0 Å². The van der Waals surface area contributed by atoms with Crippen LogP contribution in [-0.2, 0) is 0 Å². The minimum atomic E-state index is 0.917. The fourth-order valence-corrected chi connectivity index (χ4v) is 2.22. The second-order valence-corrected chi connectivity index (χ2v) is 4.28. The third-order valence-electron chi connectivity index (χ3n) is 2.13. The first-order chi connectivity index (χ1) is 4.93. The monoisotopic (exact) mass is 156 g/mol. The molecule has 0 amide bonds. The Morgan fingerprint density at radius 3 is 3.00 bits per heavy atom. The highest BCUT2D eigenvalue weighted by Gasteiger charge is 2.02. The van der Waals surface area contributed by atoms with Crippen LogP contribution >= 0.6 is 8.58 Å². The van der Waals surface area contributed by atoms with Gasteiger partial charge in [0.2, 0.25) is 0 Å². The Hall–Kier alpha value is 0.170. The van der Waals surface area contributed by atoms with Gasteiger partial charge < -0.3 is 0 Å². The van der Waals surface area contributed by atoms with Crippen LogP contribution in [0.15, 0.2) is 12.2 Å². The topological polar surface area (TPSA) is 0 Å². The molecule has 0 saturated carbocycles. The molecule has 2 atom stereocenters. The van der Waals surface area contributed by atoms with Crippen molar-refractivity contribution < 1.29 is 0 Å². The molecule has 0 aromatic heterocycles. The maximum absolute atomic E-state index is 2.43. The van der Waals surface area contributed by atoms with Gasteiger partial charge in [0, 0.05) is 0 Å². The molecule has 1 aliphatic rings. The van der Waals surface area contributed by atoms with Gasteiger partial charge >= 0.3 is 0 Å². The molecule has 0 radical (unpaired) electrons. The molecule has 58 valence electrons. The van der Waals surface area contributed by atoms with Crippen LogP contribution in [0.4, 0.5) is 0 Å². The Kier molecular flexibility index (Phi) is 4.06. The van der Waals surface area contributed by atoms with E-state index in [-0.39, 0.29) is 0 Å². The normalized spacial score (nSPS) is 31.9. The predicted octanol–water partition coefficient (Wildman–Crippen LogP) is 3.18. The van der Waals surface area contributed by atoms with Gasteiger partial charge in [-0.15, -0.1) is 8.58 Å². The first kappa shape index (κ1) is 8.27. The summed E-state index contributed by atoms with van der Waals surface area (Å²) in [7, 11) is 1.11. The summed E-state index contributed by atoms with van der Waals surface area (Å²) in [6, 6.07) is 0. The van der Waals surface area contributed by atoms with E-state index in [9.17, 15) is 0 Å². The molecule has 0 aromatic rings. The van der Waals surface area contributed by atoms with Crippen molar-refractivity contribution in [3.05, 3.63) is 12.2 Å². The number of hydrogen-bond acceptors (Lipinski definition) is 0. The first-order valence-electron chi connectivity index (χ1n) is 4.27. The van der Waals surface area contributed by atoms with Crippen molar-refractivity contribution in [3.8, 4) is 0 Å².